The Bertz CT molecular complexity index is 3320. The highest BCUT2D eigenvalue weighted by atomic mass is 32.1. The zero-order chi connectivity index (χ0) is 41.4. The molecule has 0 N–H and O–H groups in total. The second kappa shape index (κ2) is 14.8. The van der Waals surface area contributed by atoms with Crippen LogP contribution >= 0.6 is 34.0 Å². The number of unbranched alkanes of at least 4 members (excludes halogenated alkanes) is 2. The molecule has 3 aromatic heterocycles. The summed E-state index contributed by atoms with van der Waals surface area (Å²) in [5.41, 5.74) is 6.14. The highest BCUT2D eigenvalue weighted by Crippen LogP contribution is 2.49. The van der Waals surface area contributed by atoms with E-state index in [2.05, 4.69) is 75.3 Å². The average Bonchev–Trinajstić information content (AvgIpc) is 4.06. The van der Waals surface area contributed by atoms with E-state index in [0.29, 0.717) is 9.06 Å². The predicted molar refractivity (Wildman–Crippen MR) is 240 cm³/mol. The number of carbonyl (C=O) groups is 1. The molecule has 1 aliphatic carbocycles. The number of ketones is 1. The van der Waals surface area contributed by atoms with Gasteiger partial charge in [0, 0.05) is 85.8 Å². The van der Waals surface area contributed by atoms with E-state index in [9.17, 15) is 19.5 Å². The number of benzene rings is 2. The molecule has 0 bridgehead atoms. The maximum Gasteiger partial charge on any atom is 0.209 e. The van der Waals surface area contributed by atoms with Crippen LogP contribution < -0.4 is 30.6 Å². The molecule has 6 aromatic rings. The van der Waals surface area contributed by atoms with E-state index in [1.165, 1.54) is 33.8 Å². The third kappa shape index (κ3) is 6.23. The van der Waals surface area contributed by atoms with Gasteiger partial charge in [-0.2, -0.15) is 4.58 Å². The molecule has 0 amide bonds. The Labute approximate surface area is 354 Å². The molecule has 5 heterocycles. The topological polar surface area (TPSA) is 80.5 Å². The van der Waals surface area contributed by atoms with E-state index in [-0.39, 0.29) is 54.8 Å². The fourth-order valence-corrected chi connectivity index (χ4v) is 12.2. The second-order valence-electron chi connectivity index (χ2n) is 16.7. The third-order valence-corrected chi connectivity index (χ3v) is 16.0. The van der Waals surface area contributed by atoms with Crippen LogP contribution in [0.15, 0.2) is 118 Å². The van der Waals surface area contributed by atoms with Gasteiger partial charge < -0.3 is 10.0 Å². The molecule has 0 fully saturated rings. The van der Waals surface area contributed by atoms with Crippen molar-refractivity contribution < 1.29 is 14.5 Å². The fraction of sp³-hybridized carbons (Fsp3) is 0.280. The van der Waals surface area contributed by atoms with Gasteiger partial charge in [-0.3, -0.25) is 14.4 Å². The zero-order valence-electron chi connectivity index (χ0n) is 34.2. The number of hydrogen-bond donors (Lipinski definition) is 0. The van der Waals surface area contributed by atoms with Crippen LogP contribution in [0.1, 0.15) is 78.4 Å². The minimum absolute atomic E-state index is 0.198. The molecule has 3 aromatic carbocycles. The lowest BCUT2D eigenvalue weighted by molar-refractivity contribution is -0.437. The monoisotopic (exact) mass is 834 g/mol. The van der Waals surface area contributed by atoms with Crippen molar-refractivity contribution in [3.05, 3.63) is 177 Å². The van der Waals surface area contributed by atoms with Gasteiger partial charge in [-0.05, 0) is 74.4 Å². The van der Waals surface area contributed by atoms with Crippen molar-refractivity contribution in [3.63, 3.8) is 0 Å². The Morgan fingerprint density at radius 2 is 1.22 bits per heavy atom. The predicted octanol–water partition coefficient (Wildman–Crippen LogP) is 7.81. The molecule has 2 aliphatic heterocycles. The Balaban J connectivity index is 1.08. The molecule has 0 unspecified atom stereocenters. The number of Topliss-reactive ketones (excluding diaryl/α,β-unsaturated/α-hetero) is 1. The number of nitrogens with zero attached hydrogens (tertiary/aromatic N) is 2. The van der Waals surface area contributed by atoms with E-state index < -0.39 is 0 Å². The Kier molecular flexibility index (Phi) is 9.85. The maximum atomic E-state index is 13.7. The normalized spacial score (nSPS) is 19.5. The molecular formula is C50H46N2O4S3. The van der Waals surface area contributed by atoms with Crippen LogP contribution in [0.25, 0.3) is 11.6 Å². The van der Waals surface area contributed by atoms with E-state index in [0.717, 1.165) is 79.7 Å². The number of carbonyl (C=O) groups excluding carboxylic acids is 1. The Morgan fingerprint density at radius 3 is 1.86 bits per heavy atom. The lowest BCUT2D eigenvalue weighted by atomic mass is 9.80. The fourth-order valence-electron chi connectivity index (χ4n) is 8.94. The van der Waals surface area contributed by atoms with E-state index in [4.69, 9.17) is 0 Å². The average molecular weight is 835 g/mol. The molecular weight excluding hydrogens is 789 g/mol. The van der Waals surface area contributed by atoms with Gasteiger partial charge in [0.15, 0.2) is 11.5 Å². The summed E-state index contributed by atoms with van der Waals surface area (Å²) in [5, 5.41) is 14.2. The van der Waals surface area contributed by atoms with Crippen molar-refractivity contribution in [3.8, 4) is 0 Å². The van der Waals surface area contributed by atoms with Gasteiger partial charge in [0.05, 0.1) is 15.9 Å². The van der Waals surface area contributed by atoms with E-state index in [1.54, 1.807) is 11.3 Å². The number of thiophene rings is 3. The summed E-state index contributed by atoms with van der Waals surface area (Å²) in [5.74, 6) is -0.396. The quantitative estimate of drug-likeness (QED) is 0.146. The summed E-state index contributed by atoms with van der Waals surface area (Å²) < 4.78 is 7.64. The summed E-state index contributed by atoms with van der Waals surface area (Å²) in [6, 6.07) is 28.5. The molecule has 0 saturated heterocycles. The SMILES string of the molecule is CCCCN1C(=CC2=C([O-])C(=c3ccc(=c4ccc(=c5ccc(=c6c(=O)c(=CC7=[N+](CCCC)c8ccccc8C7(C)C)c6=O)s5)s4)s3)C2=O)C(C)(C)c2ccccc21. The first-order chi connectivity index (χ1) is 28.4. The van der Waals surface area contributed by atoms with Crippen LogP contribution in [0.3, 0.4) is 0 Å². The van der Waals surface area contributed by atoms with Gasteiger partial charge in [-0.15, -0.1) is 34.0 Å². The van der Waals surface area contributed by atoms with Crippen molar-refractivity contribution in [2.75, 3.05) is 18.0 Å². The third-order valence-electron chi connectivity index (χ3n) is 12.3. The number of rotatable bonds is 8. The van der Waals surface area contributed by atoms with Gasteiger partial charge in [-0.25, -0.2) is 0 Å². The van der Waals surface area contributed by atoms with Crippen molar-refractivity contribution >= 4 is 68.5 Å². The van der Waals surface area contributed by atoms with E-state index >= 15 is 0 Å². The summed E-state index contributed by atoms with van der Waals surface area (Å²) in [7, 11) is 0. The summed E-state index contributed by atoms with van der Waals surface area (Å²) in [6.07, 6.45) is 7.81. The van der Waals surface area contributed by atoms with Crippen molar-refractivity contribution in [1.82, 2.24) is 0 Å². The highest BCUT2D eigenvalue weighted by Gasteiger charge is 2.44. The van der Waals surface area contributed by atoms with Crippen LogP contribution in [-0.4, -0.2) is 29.2 Å². The number of para-hydroxylation sites is 2. The van der Waals surface area contributed by atoms with Gasteiger partial charge in [0.25, 0.3) is 0 Å². The van der Waals surface area contributed by atoms with Crippen LogP contribution in [0.5, 0.6) is 0 Å². The van der Waals surface area contributed by atoms with Gasteiger partial charge in [-0.1, -0.05) is 82.7 Å². The first kappa shape index (κ1) is 39.3. The molecule has 6 nitrogen and oxygen atoms in total. The first-order valence-corrected chi connectivity index (χ1v) is 23.0. The van der Waals surface area contributed by atoms with Crippen molar-refractivity contribution in [1.29, 1.82) is 0 Å². The lowest BCUT2D eigenvalue weighted by Gasteiger charge is -2.32. The molecule has 0 radical (unpaired) electrons. The molecule has 0 saturated carbocycles. The second-order valence-corrected chi connectivity index (χ2v) is 20.0. The van der Waals surface area contributed by atoms with Gasteiger partial charge >= 0.3 is 0 Å². The Morgan fingerprint density at radius 1 is 0.661 bits per heavy atom. The summed E-state index contributed by atoms with van der Waals surface area (Å²) in [6.45, 7) is 14.7. The van der Waals surface area contributed by atoms with E-state index in [1.807, 2.05) is 72.8 Å². The molecule has 3 aliphatic rings. The molecule has 9 heteroatoms. The first-order valence-electron chi connectivity index (χ1n) is 20.5. The van der Waals surface area contributed by atoms with Crippen molar-refractivity contribution in [2.45, 2.75) is 78.1 Å². The number of anilines is 1. The molecule has 59 heavy (non-hydrogen) atoms. The van der Waals surface area contributed by atoms with Gasteiger partial charge in [0.2, 0.25) is 16.5 Å². The molecule has 0 atom stereocenters. The number of fused-ring (bicyclic) bond motifs is 2. The van der Waals surface area contributed by atoms with Crippen LogP contribution in [0.2, 0.25) is 0 Å². The molecule has 9 rings (SSSR count). The molecule has 0 spiro atoms. The summed E-state index contributed by atoms with van der Waals surface area (Å²) >= 11 is 4.52. The standard InChI is InChI=1S/C50H46N2O4S3/c1-7-9-25-51-33-17-13-11-15-31(33)49(3,4)41(51)27-29-45(53)43(46(29)54)39-23-21-37(58-39)35-19-20-36(57-35)38-22-24-40(59-38)44-47(55)30(48(44)56)28-42-50(5,6)32-16-12-14-18-34(32)52(42)26-10-8-2/h11-24,27-28H,7-10,25-26H2,1-6H3. The smallest absolute Gasteiger partial charge is 0.209 e. The van der Waals surface area contributed by atoms with Crippen LogP contribution in [0.4, 0.5) is 11.4 Å². The number of allylic oxidation sites excluding steroid dienone is 4. The number of hydrogen-bond acceptors (Lipinski definition) is 8. The van der Waals surface area contributed by atoms with Crippen LogP contribution in [-0.2, 0) is 15.6 Å². The Hall–Kier alpha value is -5.22. The van der Waals surface area contributed by atoms with Crippen LogP contribution in [0, 0.1) is 27.9 Å². The minimum atomic E-state index is -0.332. The largest absolute Gasteiger partial charge is 0.871 e. The zero-order valence-corrected chi connectivity index (χ0v) is 36.7. The summed E-state index contributed by atoms with van der Waals surface area (Å²) in [4.78, 5) is 43.3. The van der Waals surface area contributed by atoms with Gasteiger partial charge in [0.1, 0.15) is 6.54 Å². The minimum Gasteiger partial charge on any atom is -0.871 e. The van der Waals surface area contributed by atoms with Crippen molar-refractivity contribution in [2.24, 2.45) is 0 Å². The highest BCUT2D eigenvalue weighted by molar-refractivity contribution is 7.13. The molecule has 298 valence electrons. The maximum absolute atomic E-state index is 13.7. The lowest BCUT2D eigenvalue weighted by Crippen LogP contribution is -2.51.